The third-order valence-electron chi connectivity index (χ3n) is 4.05. The highest BCUT2D eigenvalue weighted by Crippen LogP contribution is 2.34. The zero-order valence-electron chi connectivity index (χ0n) is 16.5. The molecule has 1 amide bonds. The first kappa shape index (κ1) is 20.7. The van der Waals surface area contributed by atoms with Gasteiger partial charge in [-0.25, -0.2) is 8.72 Å². The molecule has 0 aromatic heterocycles. The average Bonchev–Trinajstić information content (AvgIpc) is 2.70. The van der Waals surface area contributed by atoms with Gasteiger partial charge in [0.2, 0.25) is 0 Å². The van der Waals surface area contributed by atoms with E-state index in [1.165, 1.54) is 3.93 Å². The summed E-state index contributed by atoms with van der Waals surface area (Å²) in [6, 6.07) is 20.9. The quantitative estimate of drug-likeness (QED) is 0.433. The normalized spacial score (nSPS) is 11.0. The summed E-state index contributed by atoms with van der Waals surface area (Å²) in [6.45, 7) is 5.80. The van der Waals surface area contributed by atoms with Crippen LogP contribution in [-0.2, 0) is 11.3 Å². The van der Waals surface area contributed by atoms with E-state index in [4.69, 9.17) is 9.47 Å². The van der Waals surface area contributed by atoms with Crippen molar-refractivity contribution in [2.45, 2.75) is 33.0 Å². The van der Waals surface area contributed by atoms with Gasteiger partial charge in [-0.3, -0.25) is 0 Å². The molecule has 0 fully saturated rings. The van der Waals surface area contributed by atoms with Crippen LogP contribution < -0.4 is 8.66 Å². The molecule has 148 valence electrons. The maximum atomic E-state index is 12.5. The fraction of sp³-hybridized carbons (Fsp3) is 0.217. The SMILES string of the molecule is CC(C)(C)OC(=O)N(Br)c1cc(OCc2ccccc2)c2ccc(C#N)cc2c1. The number of anilines is 1. The summed E-state index contributed by atoms with van der Waals surface area (Å²) in [5.41, 5.74) is 1.48. The Morgan fingerprint density at radius 1 is 1.10 bits per heavy atom. The predicted octanol–water partition coefficient (Wildman–Crippen LogP) is 6.34. The van der Waals surface area contributed by atoms with Crippen molar-refractivity contribution >= 4 is 38.7 Å². The van der Waals surface area contributed by atoms with Crippen LogP contribution in [0.4, 0.5) is 10.5 Å². The summed E-state index contributed by atoms with van der Waals surface area (Å²) in [5, 5.41) is 10.9. The Morgan fingerprint density at radius 3 is 2.48 bits per heavy atom. The molecule has 3 aromatic rings. The maximum Gasteiger partial charge on any atom is 0.425 e. The lowest BCUT2D eigenvalue weighted by atomic mass is 10.1. The van der Waals surface area contributed by atoms with Crippen LogP contribution in [0.2, 0.25) is 0 Å². The average molecular weight is 453 g/mol. The number of carbonyl (C=O) groups excluding carboxylic acids is 1. The van der Waals surface area contributed by atoms with E-state index in [9.17, 15) is 10.1 Å². The topological polar surface area (TPSA) is 62.6 Å². The van der Waals surface area contributed by atoms with Crippen LogP contribution in [-0.4, -0.2) is 11.7 Å². The van der Waals surface area contributed by atoms with Crippen molar-refractivity contribution in [1.29, 1.82) is 5.26 Å². The van der Waals surface area contributed by atoms with Gasteiger partial charge < -0.3 is 9.47 Å². The highest BCUT2D eigenvalue weighted by Gasteiger charge is 2.23. The van der Waals surface area contributed by atoms with E-state index < -0.39 is 11.7 Å². The lowest BCUT2D eigenvalue weighted by Gasteiger charge is -2.24. The van der Waals surface area contributed by atoms with Gasteiger partial charge in [-0.15, -0.1) is 0 Å². The van der Waals surface area contributed by atoms with E-state index in [2.05, 4.69) is 22.2 Å². The summed E-state index contributed by atoms with van der Waals surface area (Å²) >= 11 is 3.29. The number of nitriles is 1. The van der Waals surface area contributed by atoms with Crippen molar-refractivity contribution in [1.82, 2.24) is 0 Å². The molecule has 0 heterocycles. The standard InChI is InChI=1S/C23H21BrN2O3/c1-23(2,3)29-22(27)26(24)19-12-18-11-17(14-25)9-10-20(18)21(13-19)28-15-16-7-5-4-6-8-16/h4-13H,15H2,1-3H3. The Bertz CT molecular complexity index is 1070. The Hall–Kier alpha value is -3.04. The number of hydrogen-bond acceptors (Lipinski definition) is 4. The lowest BCUT2D eigenvalue weighted by Crippen LogP contribution is -2.30. The number of rotatable bonds is 4. The molecule has 0 saturated carbocycles. The zero-order chi connectivity index (χ0) is 21.0. The van der Waals surface area contributed by atoms with Crippen LogP contribution in [0, 0.1) is 11.3 Å². The summed E-state index contributed by atoms with van der Waals surface area (Å²) in [7, 11) is 0. The van der Waals surface area contributed by atoms with Crippen LogP contribution in [0.25, 0.3) is 10.8 Å². The van der Waals surface area contributed by atoms with Crippen LogP contribution in [0.3, 0.4) is 0 Å². The molecule has 0 aliphatic heterocycles. The Labute approximate surface area is 178 Å². The van der Waals surface area contributed by atoms with E-state index >= 15 is 0 Å². The monoisotopic (exact) mass is 452 g/mol. The van der Waals surface area contributed by atoms with Gasteiger partial charge >= 0.3 is 6.09 Å². The summed E-state index contributed by atoms with van der Waals surface area (Å²) < 4.78 is 12.8. The van der Waals surface area contributed by atoms with Gasteiger partial charge in [-0.05, 0) is 56.0 Å². The summed E-state index contributed by atoms with van der Waals surface area (Å²) in [6.07, 6.45) is -0.540. The fourth-order valence-electron chi connectivity index (χ4n) is 2.76. The second-order valence-electron chi connectivity index (χ2n) is 7.53. The molecular formula is C23H21BrN2O3. The molecule has 0 unspecified atom stereocenters. The number of carbonyl (C=O) groups is 1. The second kappa shape index (κ2) is 8.54. The lowest BCUT2D eigenvalue weighted by molar-refractivity contribution is 0.0614. The molecule has 0 aliphatic carbocycles. The molecule has 6 heteroatoms. The molecular weight excluding hydrogens is 432 g/mol. The Balaban J connectivity index is 1.99. The molecule has 0 saturated heterocycles. The van der Waals surface area contributed by atoms with E-state index in [0.29, 0.717) is 23.6 Å². The van der Waals surface area contributed by atoms with E-state index in [-0.39, 0.29) is 0 Å². The van der Waals surface area contributed by atoms with Crippen molar-refractivity contribution in [2.75, 3.05) is 3.93 Å². The molecule has 29 heavy (non-hydrogen) atoms. The minimum Gasteiger partial charge on any atom is -0.488 e. The van der Waals surface area contributed by atoms with Gasteiger partial charge in [0.1, 0.15) is 18.0 Å². The molecule has 0 N–H and O–H groups in total. The van der Waals surface area contributed by atoms with Crippen LogP contribution in [0.1, 0.15) is 31.9 Å². The minimum atomic E-state index is -0.624. The van der Waals surface area contributed by atoms with Crippen molar-refractivity contribution in [2.24, 2.45) is 0 Å². The number of hydrogen-bond donors (Lipinski definition) is 0. The molecule has 0 radical (unpaired) electrons. The van der Waals surface area contributed by atoms with E-state index in [1.54, 1.807) is 39.0 Å². The maximum absolute atomic E-state index is 12.5. The first-order valence-corrected chi connectivity index (χ1v) is 9.81. The Morgan fingerprint density at radius 2 is 1.83 bits per heavy atom. The molecule has 0 atom stereocenters. The van der Waals surface area contributed by atoms with Crippen molar-refractivity contribution in [3.8, 4) is 11.8 Å². The van der Waals surface area contributed by atoms with Crippen LogP contribution in [0.5, 0.6) is 5.75 Å². The third kappa shape index (κ3) is 5.27. The molecule has 0 bridgehead atoms. The highest BCUT2D eigenvalue weighted by molar-refractivity contribution is 9.10. The number of ether oxygens (including phenoxy) is 2. The van der Waals surface area contributed by atoms with Gasteiger partial charge in [0.25, 0.3) is 0 Å². The predicted molar refractivity (Wildman–Crippen MR) is 117 cm³/mol. The number of halogens is 1. The minimum absolute atomic E-state index is 0.383. The van der Waals surface area contributed by atoms with Gasteiger partial charge in [0, 0.05) is 11.5 Å². The summed E-state index contributed by atoms with van der Waals surface area (Å²) in [5.74, 6) is 0.610. The molecule has 0 aliphatic rings. The van der Waals surface area contributed by atoms with Gasteiger partial charge in [0.05, 0.1) is 33.5 Å². The van der Waals surface area contributed by atoms with Crippen molar-refractivity contribution < 1.29 is 14.3 Å². The molecule has 3 aromatic carbocycles. The van der Waals surface area contributed by atoms with Crippen molar-refractivity contribution in [3.63, 3.8) is 0 Å². The molecule has 5 nitrogen and oxygen atoms in total. The first-order valence-electron chi connectivity index (χ1n) is 9.10. The number of fused-ring (bicyclic) bond motifs is 1. The van der Waals surface area contributed by atoms with Crippen LogP contribution in [0.15, 0.2) is 60.7 Å². The molecule has 3 rings (SSSR count). The smallest absolute Gasteiger partial charge is 0.425 e. The Kier molecular flexibility index (Phi) is 6.09. The number of amides is 1. The van der Waals surface area contributed by atoms with Crippen LogP contribution >= 0.6 is 16.1 Å². The largest absolute Gasteiger partial charge is 0.488 e. The van der Waals surface area contributed by atoms with Crippen molar-refractivity contribution in [3.05, 3.63) is 71.8 Å². The highest BCUT2D eigenvalue weighted by atomic mass is 79.9. The van der Waals surface area contributed by atoms with E-state index in [0.717, 1.165) is 16.3 Å². The van der Waals surface area contributed by atoms with Gasteiger partial charge in [0.15, 0.2) is 0 Å². The van der Waals surface area contributed by atoms with Gasteiger partial charge in [-0.2, -0.15) is 5.26 Å². The second-order valence-corrected chi connectivity index (χ2v) is 8.24. The number of nitrogens with zero attached hydrogens (tertiary/aromatic N) is 2. The fourth-order valence-corrected chi connectivity index (χ4v) is 3.04. The van der Waals surface area contributed by atoms with E-state index in [1.807, 2.05) is 42.5 Å². The molecule has 0 spiro atoms. The van der Waals surface area contributed by atoms with Gasteiger partial charge in [-0.1, -0.05) is 30.3 Å². The summed E-state index contributed by atoms with van der Waals surface area (Å²) in [4.78, 5) is 12.5. The zero-order valence-corrected chi connectivity index (χ0v) is 18.1. The number of benzene rings is 3. The first-order chi connectivity index (χ1) is 13.8. The third-order valence-corrected chi connectivity index (χ3v) is 4.75.